The quantitative estimate of drug-likeness (QED) is 0.891. The summed E-state index contributed by atoms with van der Waals surface area (Å²) in [7, 11) is 0. The van der Waals surface area contributed by atoms with Gasteiger partial charge < -0.3 is 11.1 Å². The molecule has 0 spiro atoms. The normalized spacial score (nSPS) is 20.9. The number of rotatable bonds is 5. The lowest BCUT2D eigenvalue weighted by molar-refractivity contribution is 0.345. The molecule has 0 unspecified atom stereocenters. The van der Waals surface area contributed by atoms with Gasteiger partial charge in [-0.25, -0.2) is 9.97 Å². The van der Waals surface area contributed by atoms with E-state index in [0.717, 1.165) is 42.3 Å². The van der Waals surface area contributed by atoms with Gasteiger partial charge in [-0.15, -0.1) is 0 Å². The average molecular weight is 303 g/mol. The van der Waals surface area contributed by atoms with Gasteiger partial charge in [0.25, 0.3) is 0 Å². The van der Waals surface area contributed by atoms with Crippen LogP contribution in [0.3, 0.4) is 0 Å². The molecule has 0 radical (unpaired) electrons. The topological polar surface area (TPSA) is 63.8 Å². The standard InChI is InChI=1S/C16H19ClN4/c17-13-3-1-2-11(6-13)4-5-19-16-9-15(20-10-21-16)12-7-14(18)8-12/h1-3,6,9-10,12,14H,4-5,7-8,18H2,(H,19,20,21). The van der Waals surface area contributed by atoms with Crippen molar-refractivity contribution in [3.05, 3.63) is 52.9 Å². The van der Waals surface area contributed by atoms with Crippen LogP contribution in [-0.2, 0) is 6.42 Å². The Bertz CT molecular complexity index is 611. The number of nitrogens with one attached hydrogen (secondary N) is 1. The van der Waals surface area contributed by atoms with Gasteiger partial charge in [-0.1, -0.05) is 23.7 Å². The molecular weight excluding hydrogens is 284 g/mol. The van der Waals surface area contributed by atoms with E-state index in [-0.39, 0.29) is 0 Å². The van der Waals surface area contributed by atoms with Crippen molar-refractivity contribution in [3.8, 4) is 0 Å². The molecule has 110 valence electrons. The van der Waals surface area contributed by atoms with Gasteiger partial charge in [-0.05, 0) is 37.0 Å². The minimum absolute atomic E-state index is 0.337. The number of benzene rings is 1. The number of halogens is 1. The van der Waals surface area contributed by atoms with Gasteiger partial charge in [0.1, 0.15) is 12.1 Å². The van der Waals surface area contributed by atoms with Gasteiger partial charge >= 0.3 is 0 Å². The van der Waals surface area contributed by atoms with E-state index in [2.05, 4.69) is 21.4 Å². The van der Waals surface area contributed by atoms with E-state index in [1.807, 2.05) is 24.3 Å². The summed E-state index contributed by atoms with van der Waals surface area (Å²) in [5.41, 5.74) is 8.14. The van der Waals surface area contributed by atoms with Crippen molar-refractivity contribution in [3.63, 3.8) is 0 Å². The third-order valence-electron chi connectivity index (χ3n) is 3.89. The molecule has 3 N–H and O–H groups in total. The van der Waals surface area contributed by atoms with E-state index in [1.54, 1.807) is 6.33 Å². The Morgan fingerprint density at radius 1 is 1.24 bits per heavy atom. The van der Waals surface area contributed by atoms with Crippen LogP contribution in [0, 0.1) is 0 Å². The summed E-state index contributed by atoms with van der Waals surface area (Å²) in [6.45, 7) is 0.820. The van der Waals surface area contributed by atoms with Crippen LogP contribution in [0.1, 0.15) is 30.0 Å². The van der Waals surface area contributed by atoms with E-state index < -0.39 is 0 Å². The van der Waals surface area contributed by atoms with Crippen LogP contribution in [0.2, 0.25) is 5.02 Å². The van der Waals surface area contributed by atoms with Crippen molar-refractivity contribution in [1.29, 1.82) is 0 Å². The predicted octanol–water partition coefficient (Wildman–Crippen LogP) is 2.99. The lowest BCUT2D eigenvalue weighted by Gasteiger charge is -2.31. The van der Waals surface area contributed by atoms with Gasteiger partial charge in [0, 0.05) is 35.3 Å². The minimum atomic E-state index is 0.337. The SMILES string of the molecule is NC1CC(c2cc(NCCc3cccc(Cl)c3)ncn2)C1. The highest BCUT2D eigenvalue weighted by Gasteiger charge is 2.28. The molecular formula is C16H19ClN4. The van der Waals surface area contributed by atoms with E-state index >= 15 is 0 Å². The van der Waals surface area contributed by atoms with Crippen LogP contribution in [0.25, 0.3) is 0 Å². The van der Waals surface area contributed by atoms with E-state index in [9.17, 15) is 0 Å². The molecule has 4 nitrogen and oxygen atoms in total. The lowest BCUT2D eigenvalue weighted by atomic mass is 9.79. The molecule has 0 amide bonds. The first-order chi connectivity index (χ1) is 10.2. The number of nitrogens with zero attached hydrogens (tertiary/aromatic N) is 2. The second-order valence-electron chi connectivity index (χ2n) is 5.56. The first-order valence-corrected chi connectivity index (χ1v) is 7.64. The van der Waals surface area contributed by atoms with Gasteiger partial charge in [-0.2, -0.15) is 0 Å². The van der Waals surface area contributed by atoms with Gasteiger partial charge in [0.05, 0.1) is 0 Å². The summed E-state index contributed by atoms with van der Waals surface area (Å²) in [4.78, 5) is 8.62. The Balaban J connectivity index is 1.54. The summed E-state index contributed by atoms with van der Waals surface area (Å²) in [5.74, 6) is 1.37. The van der Waals surface area contributed by atoms with E-state index in [0.29, 0.717) is 12.0 Å². The zero-order valence-electron chi connectivity index (χ0n) is 11.8. The maximum atomic E-state index is 5.98. The third-order valence-corrected chi connectivity index (χ3v) is 4.12. The molecule has 1 aromatic heterocycles. The Hall–Kier alpha value is -1.65. The number of hydrogen-bond donors (Lipinski definition) is 2. The number of anilines is 1. The second kappa shape index (κ2) is 6.41. The highest BCUT2D eigenvalue weighted by atomic mass is 35.5. The molecule has 1 heterocycles. The summed E-state index contributed by atoms with van der Waals surface area (Å²) in [6.07, 6.45) is 4.59. The highest BCUT2D eigenvalue weighted by Crippen LogP contribution is 2.34. The van der Waals surface area contributed by atoms with Gasteiger partial charge in [0.15, 0.2) is 0 Å². The number of nitrogens with two attached hydrogens (primary N) is 1. The van der Waals surface area contributed by atoms with Crippen molar-refractivity contribution < 1.29 is 0 Å². The molecule has 0 atom stereocenters. The zero-order valence-corrected chi connectivity index (χ0v) is 12.6. The maximum Gasteiger partial charge on any atom is 0.129 e. The van der Waals surface area contributed by atoms with Crippen LogP contribution in [-0.4, -0.2) is 22.6 Å². The molecule has 3 rings (SSSR count). The minimum Gasteiger partial charge on any atom is -0.370 e. The van der Waals surface area contributed by atoms with Crippen LogP contribution >= 0.6 is 11.6 Å². The van der Waals surface area contributed by atoms with Crippen LogP contribution < -0.4 is 11.1 Å². The largest absolute Gasteiger partial charge is 0.370 e. The van der Waals surface area contributed by atoms with Crippen molar-refractivity contribution in [2.45, 2.75) is 31.2 Å². The second-order valence-corrected chi connectivity index (χ2v) is 6.00. The smallest absolute Gasteiger partial charge is 0.129 e. The lowest BCUT2D eigenvalue weighted by Crippen LogP contribution is -2.35. The molecule has 1 fully saturated rings. The van der Waals surface area contributed by atoms with Crippen molar-refractivity contribution in [2.75, 3.05) is 11.9 Å². The predicted molar refractivity (Wildman–Crippen MR) is 85.6 cm³/mol. The van der Waals surface area contributed by atoms with Gasteiger partial charge in [0.2, 0.25) is 0 Å². The molecule has 21 heavy (non-hydrogen) atoms. The Morgan fingerprint density at radius 3 is 2.86 bits per heavy atom. The molecule has 0 bridgehead atoms. The molecule has 5 heteroatoms. The molecule has 1 aromatic carbocycles. The molecule has 0 aliphatic heterocycles. The molecule has 1 aliphatic carbocycles. The molecule has 2 aromatic rings. The Kier molecular flexibility index (Phi) is 4.36. The fourth-order valence-corrected chi connectivity index (χ4v) is 2.84. The average Bonchev–Trinajstić information content (AvgIpc) is 2.44. The Labute approximate surface area is 129 Å². The fourth-order valence-electron chi connectivity index (χ4n) is 2.62. The molecule has 0 saturated heterocycles. The highest BCUT2D eigenvalue weighted by molar-refractivity contribution is 6.30. The zero-order chi connectivity index (χ0) is 14.7. The fraction of sp³-hybridized carbons (Fsp3) is 0.375. The molecule has 1 saturated carbocycles. The van der Waals surface area contributed by atoms with Crippen molar-refractivity contribution >= 4 is 17.4 Å². The van der Waals surface area contributed by atoms with Crippen molar-refractivity contribution in [1.82, 2.24) is 9.97 Å². The van der Waals surface area contributed by atoms with Crippen LogP contribution in [0.4, 0.5) is 5.82 Å². The summed E-state index contributed by atoms with van der Waals surface area (Å²) >= 11 is 5.98. The Morgan fingerprint density at radius 2 is 2.10 bits per heavy atom. The summed E-state index contributed by atoms with van der Waals surface area (Å²) in [5, 5.41) is 4.12. The van der Waals surface area contributed by atoms with E-state index in [1.165, 1.54) is 5.56 Å². The van der Waals surface area contributed by atoms with Crippen LogP contribution in [0.5, 0.6) is 0 Å². The van der Waals surface area contributed by atoms with E-state index in [4.69, 9.17) is 17.3 Å². The number of hydrogen-bond acceptors (Lipinski definition) is 4. The molecule has 1 aliphatic rings. The monoisotopic (exact) mass is 302 g/mol. The number of aromatic nitrogens is 2. The maximum absolute atomic E-state index is 5.98. The van der Waals surface area contributed by atoms with Crippen LogP contribution in [0.15, 0.2) is 36.7 Å². The first kappa shape index (κ1) is 14.3. The van der Waals surface area contributed by atoms with Gasteiger partial charge in [-0.3, -0.25) is 0 Å². The van der Waals surface area contributed by atoms with Crippen molar-refractivity contribution in [2.24, 2.45) is 5.73 Å². The third kappa shape index (κ3) is 3.71. The first-order valence-electron chi connectivity index (χ1n) is 7.26. The summed E-state index contributed by atoms with van der Waals surface area (Å²) in [6, 6.07) is 10.3. The summed E-state index contributed by atoms with van der Waals surface area (Å²) < 4.78 is 0.